The van der Waals surface area contributed by atoms with Gasteiger partial charge in [-0.25, -0.2) is 8.42 Å². The molecule has 3 N–H and O–H groups in total. The smallest absolute Gasteiger partial charge is 0.235 e. The lowest BCUT2D eigenvalue weighted by Crippen LogP contribution is -2.35. The van der Waals surface area contributed by atoms with Crippen LogP contribution < -0.4 is 11.1 Å². The van der Waals surface area contributed by atoms with E-state index >= 15 is 0 Å². The van der Waals surface area contributed by atoms with Gasteiger partial charge in [-0.2, -0.15) is 0 Å². The van der Waals surface area contributed by atoms with E-state index in [1.807, 2.05) is 0 Å². The van der Waals surface area contributed by atoms with Gasteiger partial charge in [-0.1, -0.05) is 0 Å². The van der Waals surface area contributed by atoms with Crippen LogP contribution in [0.1, 0.15) is 0 Å². The number of hydrogen-bond acceptors (Lipinski definition) is 5. The van der Waals surface area contributed by atoms with Crippen molar-refractivity contribution < 1.29 is 17.9 Å². The molecule has 7 heteroatoms. The molecule has 0 radical (unpaired) electrons. The summed E-state index contributed by atoms with van der Waals surface area (Å²) in [6.45, 7) is 0.689. The molecule has 0 saturated carbocycles. The molecule has 1 amide bonds. The summed E-state index contributed by atoms with van der Waals surface area (Å²) in [5, 5.41) is 2.38. The lowest BCUT2D eigenvalue weighted by Gasteiger charge is -2.04. The number of rotatable bonds is 7. The molecule has 14 heavy (non-hydrogen) atoms. The molecule has 0 unspecified atom stereocenters. The summed E-state index contributed by atoms with van der Waals surface area (Å²) in [6.07, 6.45) is 0. The second kappa shape index (κ2) is 6.74. The van der Waals surface area contributed by atoms with Crippen molar-refractivity contribution in [2.24, 2.45) is 5.73 Å². The van der Waals surface area contributed by atoms with Crippen LogP contribution in [-0.4, -0.2) is 52.6 Å². The largest absolute Gasteiger partial charge is 0.384 e. The van der Waals surface area contributed by atoms with Crippen LogP contribution in [0.2, 0.25) is 0 Å². The summed E-state index contributed by atoms with van der Waals surface area (Å²) >= 11 is 0. The lowest BCUT2D eigenvalue weighted by molar-refractivity contribution is -0.118. The minimum atomic E-state index is -3.35. The number of sulfone groups is 1. The van der Waals surface area contributed by atoms with Crippen LogP contribution in [0.4, 0.5) is 0 Å². The summed E-state index contributed by atoms with van der Waals surface area (Å²) in [5.41, 5.74) is 5.14. The number of ether oxygens (including phenoxy) is 1. The third-order valence-corrected chi connectivity index (χ3v) is 2.91. The van der Waals surface area contributed by atoms with E-state index < -0.39 is 21.5 Å². The number of amides is 1. The highest BCUT2D eigenvalue weighted by atomic mass is 32.2. The van der Waals surface area contributed by atoms with Gasteiger partial charge in [-0.15, -0.1) is 0 Å². The fourth-order valence-electron chi connectivity index (χ4n) is 0.745. The van der Waals surface area contributed by atoms with Crippen molar-refractivity contribution in [1.82, 2.24) is 5.32 Å². The van der Waals surface area contributed by atoms with E-state index in [9.17, 15) is 13.2 Å². The molecule has 84 valence electrons. The van der Waals surface area contributed by atoms with Gasteiger partial charge >= 0.3 is 0 Å². The second-order valence-corrected chi connectivity index (χ2v) is 4.91. The zero-order valence-corrected chi connectivity index (χ0v) is 8.97. The molecule has 0 saturated heterocycles. The summed E-state index contributed by atoms with van der Waals surface area (Å²) in [7, 11) is -1.94. The molecule has 0 bridgehead atoms. The average Bonchev–Trinajstić information content (AvgIpc) is 2.11. The first-order valence-corrected chi connectivity index (χ1v) is 6.00. The van der Waals surface area contributed by atoms with E-state index in [0.29, 0.717) is 13.1 Å². The Labute approximate surface area is 83.7 Å². The molecule has 0 fully saturated rings. The quantitative estimate of drug-likeness (QED) is 0.527. The number of nitrogens with two attached hydrogens (primary N) is 1. The molecule has 0 aliphatic rings. The Morgan fingerprint density at radius 1 is 1.50 bits per heavy atom. The van der Waals surface area contributed by atoms with Gasteiger partial charge in [0.2, 0.25) is 5.91 Å². The molecule has 0 spiro atoms. The monoisotopic (exact) mass is 224 g/mol. The van der Waals surface area contributed by atoms with Crippen LogP contribution in [0.3, 0.4) is 0 Å². The van der Waals surface area contributed by atoms with Crippen LogP contribution in [0.15, 0.2) is 0 Å². The van der Waals surface area contributed by atoms with Crippen molar-refractivity contribution >= 4 is 15.7 Å². The van der Waals surface area contributed by atoms with Gasteiger partial charge in [-0.05, 0) is 0 Å². The van der Waals surface area contributed by atoms with Gasteiger partial charge in [0.15, 0.2) is 9.84 Å². The minimum absolute atomic E-state index is 0.104. The van der Waals surface area contributed by atoms with E-state index in [4.69, 9.17) is 5.73 Å². The maximum Gasteiger partial charge on any atom is 0.235 e. The van der Waals surface area contributed by atoms with Crippen LogP contribution in [-0.2, 0) is 19.4 Å². The first kappa shape index (κ1) is 13.3. The van der Waals surface area contributed by atoms with Crippen LogP contribution >= 0.6 is 0 Å². The van der Waals surface area contributed by atoms with Crippen molar-refractivity contribution in [3.63, 3.8) is 0 Å². The maximum atomic E-state index is 11.2. The molecule has 0 atom stereocenters. The first-order valence-electron chi connectivity index (χ1n) is 4.18. The van der Waals surface area contributed by atoms with Gasteiger partial charge in [0.1, 0.15) is 5.75 Å². The fraction of sp³-hybridized carbons (Fsp3) is 0.857. The van der Waals surface area contributed by atoms with Gasteiger partial charge in [0.05, 0.1) is 12.4 Å². The molecular weight excluding hydrogens is 208 g/mol. The van der Waals surface area contributed by atoms with Gasteiger partial charge < -0.3 is 15.8 Å². The SMILES string of the molecule is COCCS(=O)(=O)CC(=O)NCCN. The zero-order chi connectivity index (χ0) is 11.0. The van der Waals surface area contributed by atoms with Crippen molar-refractivity contribution in [1.29, 1.82) is 0 Å². The lowest BCUT2D eigenvalue weighted by atomic mass is 10.6. The maximum absolute atomic E-state index is 11.2. The number of hydrogen-bond donors (Lipinski definition) is 2. The van der Waals surface area contributed by atoms with E-state index in [2.05, 4.69) is 10.1 Å². The number of carbonyl (C=O) groups is 1. The second-order valence-electron chi connectivity index (χ2n) is 2.72. The van der Waals surface area contributed by atoms with Crippen LogP contribution in [0.5, 0.6) is 0 Å². The van der Waals surface area contributed by atoms with Crippen LogP contribution in [0.25, 0.3) is 0 Å². The van der Waals surface area contributed by atoms with Crippen molar-refractivity contribution in [2.75, 3.05) is 38.3 Å². The minimum Gasteiger partial charge on any atom is -0.384 e. The Hall–Kier alpha value is -0.660. The highest BCUT2D eigenvalue weighted by Gasteiger charge is 2.15. The molecule has 0 heterocycles. The summed E-state index contributed by atoms with van der Waals surface area (Å²) < 4.78 is 27.0. The molecule has 0 aliphatic heterocycles. The van der Waals surface area contributed by atoms with E-state index in [1.54, 1.807) is 0 Å². The van der Waals surface area contributed by atoms with Crippen LogP contribution in [0, 0.1) is 0 Å². The van der Waals surface area contributed by atoms with Crippen molar-refractivity contribution in [3.05, 3.63) is 0 Å². The van der Waals surface area contributed by atoms with E-state index in [1.165, 1.54) is 7.11 Å². The molecule has 0 aromatic carbocycles. The summed E-state index contributed by atoms with van der Waals surface area (Å²) in [5.74, 6) is -1.16. The predicted molar refractivity (Wildman–Crippen MR) is 52.6 cm³/mol. The summed E-state index contributed by atoms with van der Waals surface area (Å²) in [4.78, 5) is 11.0. The number of carbonyl (C=O) groups excluding carboxylic acids is 1. The number of nitrogens with one attached hydrogen (secondary N) is 1. The van der Waals surface area contributed by atoms with E-state index in [0.717, 1.165) is 0 Å². The fourth-order valence-corrected chi connectivity index (χ4v) is 1.81. The zero-order valence-electron chi connectivity index (χ0n) is 8.15. The van der Waals surface area contributed by atoms with Crippen molar-refractivity contribution in [2.45, 2.75) is 0 Å². The molecule has 0 aromatic rings. The Bertz CT molecular complexity index is 263. The highest BCUT2D eigenvalue weighted by Crippen LogP contribution is 1.90. The first-order chi connectivity index (χ1) is 6.52. The third kappa shape index (κ3) is 6.81. The normalized spacial score (nSPS) is 11.3. The average molecular weight is 224 g/mol. The molecule has 0 aliphatic carbocycles. The Morgan fingerprint density at radius 3 is 2.64 bits per heavy atom. The Kier molecular flexibility index (Phi) is 6.43. The van der Waals surface area contributed by atoms with Gasteiger partial charge in [0, 0.05) is 20.2 Å². The molecule has 0 aromatic heterocycles. The van der Waals surface area contributed by atoms with E-state index in [-0.39, 0.29) is 12.4 Å². The topological polar surface area (TPSA) is 98.5 Å². The predicted octanol–water partition coefficient (Wildman–Crippen LogP) is -1.88. The number of methoxy groups -OCH3 is 1. The molecule has 6 nitrogen and oxygen atoms in total. The Balaban J connectivity index is 3.90. The standard InChI is InChI=1S/C7H16N2O4S/c1-13-4-5-14(11,12)6-7(10)9-3-2-8/h2-6,8H2,1H3,(H,9,10). The highest BCUT2D eigenvalue weighted by molar-refractivity contribution is 7.92. The third-order valence-electron chi connectivity index (χ3n) is 1.42. The Morgan fingerprint density at radius 2 is 2.14 bits per heavy atom. The van der Waals surface area contributed by atoms with Gasteiger partial charge in [0.25, 0.3) is 0 Å². The van der Waals surface area contributed by atoms with Crippen molar-refractivity contribution in [3.8, 4) is 0 Å². The summed E-state index contributed by atoms with van der Waals surface area (Å²) in [6, 6.07) is 0. The molecule has 0 rings (SSSR count). The van der Waals surface area contributed by atoms with Gasteiger partial charge in [-0.3, -0.25) is 4.79 Å². The molecular formula is C7H16N2O4S.